The molecule has 3 nitrogen and oxygen atoms in total. The first-order valence-corrected chi connectivity index (χ1v) is 7.69. The number of hydrogen-bond donors (Lipinski definition) is 2. The van der Waals surface area contributed by atoms with Crippen molar-refractivity contribution < 1.29 is 4.79 Å². The Morgan fingerprint density at radius 1 is 1.05 bits per heavy atom. The summed E-state index contributed by atoms with van der Waals surface area (Å²) in [6.45, 7) is 2.23. The third kappa shape index (κ3) is 4.08. The van der Waals surface area contributed by atoms with Gasteiger partial charge in [-0.2, -0.15) is 0 Å². The van der Waals surface area contributed by atoms with Crippen LogP contribution < -0.4 is 10.6 Å². The summed E-state index contributed by atoms with van der Waals surface area (Å²) in [5, 5.41) is 5.95. The van der Waals surface area contributed by atoms with E-state index in [2.05, 4.69) is 42.5 Å². The number of aryl methyl sites for hydroxylation is 1. The van der Waals surface area contributed by atoms with Gasteiger partial charge >= 0.3 is 0 Å². The van der Waals surface area contributed by atoms with E-state index >= 15 is 0 Å². The Labute approximate surface area is 135 Å². The van der Waals surface area contributed by atoms with E-state index in [9.17, 15) is 4.79 Å². The number of rotatable bonds is 4. The van der Waals surface area contributed by atoms with Crippen LogP contribution in [0.5, 0.6) is 0 Å². The topological polar surface area (TPSA) is 41.1 Å². The van der Waals surface area contributed by atoms with Gasteiger partial charge in [-0.15, -0.1) is 0 Å². The van der Waals surface area contributed by atoms with E-state index in [1.807, 2.05) is 49.4 Å². The largest absolute Gasteiger partial charge is 0.375 e. The zero-order valence-electron chi connectivity index (χ0n) is 10.9. The number of carbonyl (C=O) groups is 1. The van der Waals surface area contributed by atoms with E-state index in [4.69, 9.17) is 0 Å². The van der Waals surface area contributed by atoms with Crippen molar-refractivity contribution in [2.24, 2.45) is 0 Å². The SMILES string of the molecule is Cc1ccc(NCC(=O)Nc2ccccc2Br)c(Br)c1. The second-order valence-electron chi connectivity index (χ2n) is 4.36. The summed E-state index contributed by atoms with van der Waals surface area (Å²) in [4.78, 5) is 11.9. The first-order valence-electron chi connectivity index (χ1n) is 6.10. The zero-order valence-corrected chi connectivity index (χ0v) is 14.1. The molecule has 0 spiro atoms. The predicted octanol–water partition coefficient (Wildman–Crippen LogP) is 4.57. The van der Waals surface area contributed by atoms with Crippen LogP contribution in [0.25, 0.3) is 0 Å². The van der Waals surface area contributed by atoms with Gasteiger partial charge in [0.1, 0.15) is 0 Å². The van der Waals surface area contributed by atoms with Crippen LogP contribution in [0, 0.1) is 6.92 Å². The fourth-order valence-electron chi connectivity index (χ4n) is 1.70. The van der Waals surface area contributed by atoms with Crippen LogP contribution in [0.1, 0.15) is 5.56 Å². The van der Waals surface area contributed by atoms with Crippen LogP contribution in [0.2, 0.25) is 0 Å². The number of nitrogens with one attached hydrogen (secondary N) is 2. The molecule has 5 heteroatoms. The lowest BCUT2D eigenvalue weighted by Gasteiger charge is -2.10. The summed E-state index contributed by atoms with van der Waals surface area (Å²) >= 11 is 6.87. The summed E-state index contributed by atoms with van der Waals surface area (Å²) in [5.74, 6) is -0.0932. The third-order valence-corrected chi connectivity index (χ3v) is 4.06. The number of para-hydroxylation sites is 1. The summed E-state index contributed by atoms with van der Waals surface area (Å²) in [5.41, 5.74) is 2.83. The van der Waals surface area contributed by atoms with Gasteiger partial charge in [-0.3, -0.25) is 4.79 Å². The number of anilines is 2. The molecule has 0 atom stereocenters. The van der Waals surface area contributed by atoms with Crippen molar-refractivity contribution >= 4 is 49.1 Å². The maximum absolute atomic E-state index is 11.9. The molecule has 2 aromatic carbocycles. The van der Waals surface area contributed by atoms with Crippen molar-refractivity contribution in [3.8, 4) is 0 Å². The maximum Gasteiger partial charge on any atom is 0.243 e. The normalized spacial score (nSPS) is 10.2. The van der Waals surface area contributed by atoms with Crippen LogP contribution in [0.4, 0.5) is 11.4 Å². The molecule has 0 aliphatic rings. The average molecular weight is 398 g/mol. The predicted molar refractivity (Wildman–Crippen MR) is 90.1 cm³/mol. The standard InChI is InChI=1S/C15H14Br2N2O/c1-10-6-7-13(12(17)8-10)18-9-15(20)19-14-5-3-2-4-11(14)16/h2-8,18H,9H2,1H3,(H,19,20). The molecule has 2 N–H and O–H groups in total. The first kappa shape index (κ1) is 15.1. The van der Waals surface area contributed by atoms with Crippen LogP contribution in [0.3, 0.4) is 0 Å². The van der Waals surface area contributed by atoms with E-state index in [1.165, 1.54) is 5.56 Å². The molecule has 104 valence electrons. The van der Waals surface area contributed by atoms with Crippen molar-refractivity contribution in [1.82, 2.24) is 0 Å². The maximum atomic E-state index is 11.9. The Balaban J connectivity index is 1.94. The lowest BCUT2D eigenvalue weighted by molar-refractivity contribution is -0.114. The summed E-state index contributed by atoms with van der Waals surface area (Å²) in [7, 11) is 0. The molecule has 0 aliphatic carbocycles. The van der Waals surface area contributed by atoms with Gasteiger partial charge in [-0.1, -0.05) is 18.2 Å². The molecule has 2 aromatic rings. The van der Waals surface area contributed by atoms with E-state index in [1.54, 1.807) is 0 Å². The monoisotopic (exact) mass is 396 g/mol. The van der Waals surface area contributed by atoms with Crippen LogP contribution in [-0.2, 0) is 4.79 Å². The Bertz CT molecular complexity index is 629. The van der Waals surface area contributed by atoms with Gasteiger partial charge in [0.25, 0.3) is 0 Å². The molecule has 1 amide bonds. The lowest BCUT2D eigenvalue weighted by atomic mass is 10.2. The van der Waals surface area contributed by atoms with Gasteiger partial charge in [-0.05, 0) is 68.6 Å². The van der Waals surface area contributed by atoms with E-state index in [0.29, 0.717) is 0 Å². The Morgan fingerprint density at radius 3 is 2.50 bits per heavy atom. The van der Waals surface area contributed by atoms with Gasteiger partial charge in [0.2, 0.25) is 5.91 Å². The van der Waals surface area contributed by atoms with Gasteiger partial charge in [0.05, 0.1) is 12.2 Å². The highest BCUT2D eigenvalue weighted by atomic mass is 79.9. The molecule has 0 aliphatic heterocycles. The molecular weight excluding hydrogens is 384 g/mol. The van der Waals surface area contributed by atoms with Crippen LogP contribution >= 0.6 is 31.9 Å². The van der Waals surface area contributed by atoms with Crippen molar-refractivity contribution in [2.45, 2.75) is 6.92 Å². The third-order valence-electron chi connectivity index (χ3n) is 2.71. The number of amides is 1. The quantitative estimate of drug-likeness (QED) is 0.793. The van der Waals surface area contributed by atoms with Crippen molar-refractivity contribution in [1.29, 1.82) is 0 Å². The molecule has 0 saturated heterocycles. The van der Waals surface area contributed by atoms with Gasteiger partial charge in [-0.25, -0.2) is 0 Å². The molecule has 0 unspecified atom stereocenters. The average Bonchev–Trinajstić information content (AvgIpc) is 2.40. The molecule has 0 aromatic heterocycles. The molecule has 0 saturated carbocycles. The van der Waals surface area contributed by atoms with E-state index in [-0.39, 0.29) is 12.5 Å². The molecule has 0 fully saturated rings. The highest BCUT2D eigenvalue weighted by molar-refractivity contribution is 9.11. The van der Waals surface area contributed by atoms with Crippen molar-refractivity contribution in [3.63, 3.8) is 0 Å². The zero-order chi connectivity index (χ0) is 14.5. The number of halogens is 2. The van der Waals surface area contributed by atoms with Gasteiger partial charge in [0.15, 0.2) is 0 Å². The minimum Gasteiger partial charge on any atom is -0.375 e. The number of carbonyl (C=O) groups excluding carboxylic acids is 1. The smallest absolute Gasteiger partial charge is 0.243 e. The Hall–Kier alpha value is -1.33. The molecule has 0 bridgehead atoms. The highest BCUT2D eigenvalue weighted by Crippen LogP contribution is 2.23. The second-order valence-corrected chi connectivity index (χ2v) is 6.07. The van der Waals surface area contributed by atoms with Crippen LogP contribution in [0.15, 0.2) is 51.4 Å². The molecule has 0 radical (unpaired) electrons. The van der Waals surface area contributed by atoms with Crippen LogP contribution in [-0.4, -0.2) is 12.5 Å². The second kappa shape index (κ2) is 6.90. The lowest BCUT2D eigenvalue weighted by Crippen LogP contribution is -2.22. The summed E-state index contributed by atoms with van der Waals surface area (Å²) in [6.07, 6.45) is 0. The molecular formula is C15H14Br2N2O. The summed E-state index contributed by atoms with van der Waals surface area (Å²) < 4.78 is 1.82. The number of benzene rings is 2. The fourth-order valence-corrected chi connectivity index (χ4v) is 2.71. The molecule has 0 heterocycles. The number of hydrogen-bond acceptors (Lipinski definition) is 2. The first-order chi connectivity index (χ1) is 9.56. The Morgan fingerprint density at radius 2 is 1.80 bits per heavy atom. The highest BCUT2D eigenvalue weighted by Gasteiger charge is 2.06. The van der Waals surface area contributed by atoms with E-state index in [0.717, 1.165) is 20.3 Å². The van der Waals surface area contributed by atoms with E-state index < -0.39 is 0 Å². The molecule has 20 heavy (non-hydrogen) atoms. The fraction of sp³-hybridized carbons (Fsp3) is 0.133. The van der Waals surface area contributed by atoms with Crippen molar-refractivity contribution in [2.75, 3.05) is 17.2 Å². The minimum absolute atomic E-state index is 0.0932. The van der Waals surface area contributed by atoms with Gasteiger partial charge < -0.3 is 10.6 Å². The summed E-state index contributed by atoms with van der Waals surface area (Å²) in [6, 6.07) is 13.5. The Kier molecular flexibility index (Phi) is 5.20. The van der Waals surface area contributed by atoms with Gasteiger partial charge in [0, 0.05) is 14.6 Å². The minimum atomic E-state index is -0.0932. The van der Waals surface area contributed by atoms with Crippen molar-refractivity contribution in [3.05, 3.63) is 57.0 Å². The molecule has 2 rings (SSSR count).